The van der Waals surface area contributed by atoms with E-state index in [-0.39, 0.29) is 11.3 Å². The van der Waals surface area contributed by atoms with Gasteiger partial charge in [0, 0.05) is 24.2 Å². The monoisotopic (exact) mass is 376 g/mol. The van der Waals surface area contributed by atoms with Crippen LogP contribution in [0.5, 0.6) is 0 Å². The van der Waals surface area contributed by atoms with Crippen molar-refractivity contribution < 1.29 is 14.8 Å². The van der Waals surface area contributed by atoms with Crippen LogP contribution in [0, 0.1) is 10.1 Å². The number of anilines is 1. The highest BCUT2D eigenvalue weighted by Gasteiger charge is 2.22. The van der Waals surface area contributed by atoms with Crippen LogP contribution in [0.2, 0.25) is 5.02 Å². The lowest BCUT2D eigenvalue weighted by molar-refractivity contribution is -0.384. The number of carbonyl (C=O) groups is 1. The van der Waals surface area contributed by atoms with Crippen LogP contribution in [0.25, 0.3) is 0 Å². The number of carboxylic acids is 1. The second-order valence-corrected chi connectivity index (χ2v) is 6.39. The van der Waals surface area contributed by atoms with Crippen molar-refractivity contribution in [2.75, 3.05) is 11.4 Å². The van der Waals surface area contributed by atoms with Crippen LogP contribution in [0.1, 0.15) is 42.1 Å². The van der Waals surface area contributed by atoms with E-state index in [1.165, 1.54) is 18.2 Å². The molecule has 0 fully saturated rings. The zero-order valence-electron chi connectivity index (χ0n) is 14.5. The number of rotatable bonds is 9. The Hall–Kier alpha value is -2.60. The number of unbranched alkanes of at least 4 members (excludes halogenated alkanes) is 2. The van der Waals surface area contributed by atoms with Gasteiger partial charge in [0.2, 0.25) is 0 Å². The molecule has 7 heteroatoms. The second kappa shape index (κ2) is 9.20. The molecule has 0 aromatic heterocycles. The zero-order chi connectivity index (χ0) is 19.1. The van der Waals surface area contributed by atoms with Crippen molar-refractivity contribution in [1.29, 1.82) is 0 Å². The molecule has 2 rings (SSSR count). The summed E-state index contributed by atoms with van der Waals surface area (Å²) in [6.07, 6.45) is 2.83. The minimum absolute atomic E-state index is 0.0188. The van der Waals surface area contributed by atoms with Gasteiger partial charge in [0.1, 0.15) is 5.69 Å². The first-order chi connectivity index (χ1) is 12.4. The van der Waals surface area contributed by atoms with Gasteiger partial charge in [0.05, 0.1) is 10.5 Å². The summed E-state index contributed by atoms with van der Waals surface area (Å²) in [6.45, 7) is 3.02. The summed E-state index contributed by atoms with van der Waals surface area (Å²) < 4.78 is 0. The van der Waals surface area contributed by atoms with E-state index in [1.54, 1.807) is 6.07 Å². The van der Waals surface area contributed by atoms with Gasteiger partial charge in [-0.15, -0.1) is 0 Å². The molecule has 0 saturated carbocycles. The molecule has 0 spiro atoms. The molecule has 0 radical (unpaired) electrons. The summed E-state index contributed by atoms with van der Waals surface area (Å²) in [4.78, 5) is 24.1. The van der Waals surface area contributed by atoms with Crippen LogP contribution in [-0.2, 0) is 6.54 Å². The molecule has 0 saturated heterocycles. The Morgan fingerprint density at radius 1 is 1.23 bits per heavy atom. The Bertz CT molecular complexity index is 795. The Balaban J connectivity index is 2.46. The van der Waals surface area contributed by atoms with Crippen molar-refractivity contribution in [2.45, 2.75) is 32.7 Å². The fourth-order valence-corrected chi connectivity index (χ4v) is 2.93. The van der Waals surface area contributed by atoms with E-state index >= 15 is 0 Å². The first-order valence-corrected chi connectivity index (χ1v) is 8.82. The molecule has 1 N–H and O–H groups in total. The first kappa shape index (κ1) is 19.7. The van der Waals surface area contributed by atoms with E-state index in [9.17, 15) is 20.0 Å². The lowest BCUT2D eigenvalue weighted by Crippen LogP contribution is -2.25. The molecule has 2 aromatic carbocycles. The third-order valence-corrected chi connectivity index (χ3v) is 4.48. The predicted octanol–water partition coefficient (Wildman–Crippen LogP) is 5.14. The van der Waals surface area contributed by atoms with Crippen LogP contribution in [-0.4, -0.2) is 22.5 Å². The normalized spacial score (nSPS) is 10.5. The van der Waals surface area contributed by atoms with Gasteiger partial charge in [-0.25, -0.2) is 4.79 Å². The summed E-state index contributed by atoms with van der Waals surface area (Å²) in [5.74, 6) is -1.12. The van der Waals surface area contributed by atoms with Gasteiger partial charge in [0.25, 0.3) is 5.69 Å². The average molecular weight is 377 g/mol. The number of hydrogen-bond donors (Lipinski definition) is 1. The van der Waals surface area contributed by atoms with Gasteiger partial charge in [-0.3, -0.25) is 10.1 Å². The summed E-state index contributed by atoms with van der Waals surface area (Å²) in [5.41, 5.74) is 1.04. The van der Waals surface area contributed by atoms with E-state index in [1.807, 2.05) is 23.1 Å². The third-order valence-electron chi connectivity index (χ3n) is 4.11. The molecule has 0 aliphatic rings. The van der Waals surface area contributed by atoms with Crippen molar-refractivity contribution in [2.24, 2.45) is 0 Å². The van der Waals surface area contributed by atoms with Crippen LogP contribution in [0.4, 0.5) is 11.4 Å². The molecule has 6 nitrogen and oxygen atoms in total. The zero-order valence-corrected chi connectivity index (χ0v) is 15.3. The van der Waals surface area contributed by atoms with Gasteiger partial charge in [-0.1, -0.05) is 49.6 Å². The van der Waals surface area contributed by atoms with E-state index in [4.69, 9.17) is 11.6 Å². The van der Waals surface area contributed by atoms with Gasteiger partial charge >= 0.3 is 5.97 Å². The number of halogens is 1. The van der Waals surface area contributed by atoms with Gasteiger partial charge in [0.15, 0.2) is 0 Å². The molecule has 26 heavy (non-hydrogen) atoms. The maximum absolute atomic E-state index is 11.5. The topological polar surface area (TPSA) is 83.7 Å². The molecule has 0 unspecified atom stereocenters. The number of nitro benzene ring substituents is 1. The lowest BCUT2D eigenvalue weighted by atomic mass is 10.1. The van der Waals surface area contributed by atoms with E-state index in [0.29, 0.717) is 23.8 Å². The van der Waals surface area contributed by atoms with Crippen molar-refractivity contribution in [1.82, 2.24) is 0 Å². The molecule has 0 bridgehead atoms. The van der Waals surface area contributed by atoms with E-state index in [2.05, 4.69) is 6.92 Å². The highest BCUT2D eigenvalue weighted by molar-refractivity contribution is 6.31. The van der Waals surface area contributed by atoms with Gasteiger partial charge < -0.3 is 10.0 Å². The SMILES string of the molecule is CCCCCN(Cc1ccccc1Cl)c1cc(C(=O)O)ccc1[N+](=O)[O-]. The average Bonchev–Trinajstić information content (AvgIpc) is 2.62. The minimum atomic E-state index is -1.12. The Morgan fingerprint density at radius 3 is 2.58 bits per heavy atom. The largest absolute Gasteiger partial charge is 0.478 e. The van der Waals surface area contributed by atoms with Gasteiger partial charge in [-0.05, 0) is 30.2 Å². The summed E-state index contributed by atoms with van der Waals surface area (Å²) in [6, 6.07) is 11.2. The molecule has 0 heterocycles. The number of nitro groups is 1. The minimum Gasteiger partial charge on any atom is -0.478 e. The quantitative estimate of drug-likeness (QED) is 0.372. The lowest BCUT2D eigenvalue weighted by Gasteiger charge is -2.25. The highest BCUT2D eigenvalue weighted by atomic mass is 35.5. The number of benzene rings is 2. The van der Waals surface area contributed by atoms with E-state index < -0.39 is 10.9 Å². The third kappa shape index (κ3) is 4.95. The summed E-state index contributed by atoms with van der Waals surface area (Å²) >= 11 is 6.25. The first-order valence-electron chi connectivity index (χ1n) is 8.44. The molecule has 0 aliphatic carbocycles. The van der Waals surface area contributed by atoms with Crippen LogP contribution >= 0.6 is 11.6 Å². The van der Waals surface area contributed by atoms with Crippen molar-refractivity contribution in [3.63, 3.8) is 0 Å². The van der Waals surface area contributed by atoms with Crippen LogP contribution < -0.4 is 4.90 Å². The Labute approximate surface area is 157 Å². The van der Waals surface area contributed by atoms with Crippen molar-refractivity contribution >= 4 is 28.9 Å². The van der Waals surface area contributed by atoms with Crippen LogP contribution in [0.15, 0.2) is 42.5 Å². The number of nitrogens with zero attached hydrogens (tertiary/aromatic N) is 2. The molecule has 0 aliphatic heterocycles. The molecular weight excluding hydrogens is 356 g/mol. The predicted molar refractivity (Wildman–Crippen MR) is 102 cm³/mol. The standard InChI is InChI=1S/C19H21ClN2O4/c1-2-3-6-11-21(13-15-7-4-5-8-16(15)20)18-12-14(19(23)24)9-10-17(18)22(25)26/h4-5,7-10,12H,2-3,6,11,13H2,1H3,(H,23,24). The molecule has 0 amide bonds. The summed E-state index contributed by atoms with van der Waals surface area (Å²) in [5, 5.41) is 21.3. The molecule has 138 valence electrons. The fourth-order valence-electron chi connectivity index (χ4n) is 2.73. The number of hydrogen-bond acceptors (Lipinski definition) is 4. The Kier molecular flexibility index (Phi) is 6.97. The second-order valence-electron chi connectivity index (χ2n) is 5.99. The molecular formula is C19H21ClN2O4. The van der Waals surface area contributed by atoms with Gasteiger partial charge in [-0.2, -0.15) is 0 Å². The smallest absolute Gasteiger partial charge is 0.335 e. The van der Waals surface area contributed by atoms with E-state index in [0.717, 1.165) is 24.8 Å². The molecule has 0 atom stereocenters. The summed E-state index contributed by atoms with van der Waals surface area (Å²) in [7, 11) is 0. The Morgan fingerprint density at radius 2 is 1.96 bits per heavy atom. The molecule has 2 aromatic rings. The van der Waals surface area contributed by atoms with Crippen molar-refractivity contribution in [3.05, 3.63) is 68.7 Å². The number of carboxylic acid groups (broad SMARTS) is 1. The van der Waals surface area contributed by atoms with Crippen molar-refractivity contribution in [3.8, 4) is 0 Å². The van der Waals surface area contributed by atoms with Crippen LogP contribution in [0.3, 0.4) is 0 Å². The number of aromatic carboxylic acids is 1. The maximum Gasteiger partial charge on any atom is 0.335 e. The highest BCUT2D eigenvalue weighted by Crippen LogP contribution is 2.32. The maximum atomic E-state index is 11.5. The fraction of sp³-hybridized carbons (Fsp3) is 0.316.